The Balaban J connectivity index is 2.32. The van der Waals surface area contributed by atoms with E-state index in [2.05, 4.69) is 30.8 Å². The highest BCUT2D eigenvalue weighted by atomic mass is 15.2. The highest BCUT2D eigenvalue weighted by Crippen LogP contribution is 2.13. The maximum Gasteiger partial charge on any atom is 0.0221 e. The third kappa shape index (κ3) is 3.63. The first-order valence-electron chi connectivity index (χ1n) is 5.24. The highest BCUT2D eigenvalue weighted by molar-refractivity contribution is 4.78. The molecule has 0 aromatic rings. The van der Waals surface area contributed by atoms with Crippen molar-refractivity contribution >= 4 is 0 Å². The summed E-state index contributed by atoms with van der Waals surface area (Å²) in [6.45, 7) is 5.54. The molecule has 1 saturated heterocycles. The van der Waals surface area contributed by atoms with Crippen LogP contribution in [0.2, 0.25) is 0 Å². The number of nitrogens with zero attached hydrogens (tertiary/aromatic N) is 2. The summed E-state index contributed by atoms with van der Waals surface area (Å²) in [6, 6.07) is 1.00. The van der Waals surface area contributed by atoms with Crippen LogP contribution in [0.25, 0.3) is 0 Å². The second kappa shape index (κ2) is 4.94. The van der Waals surface area contributed by atoms with Gasteiger partial charge in [0.15, 0.2) is 0 Å². The Labute approximate surface area is 81.9 Å². The average Bonchev–Trinajstić information content (AvgIpc) is 2.03. The summed E-state index contributed by atoms with van der Waals surface area (Å²) in [5, 5.41) is 0. The van der Waals surface area contributed by atoms with E-state index in [0.29, 0.717) is 6.04 Å². The van der Waals surface area contributed by atoms with Crippen LogP contribution in [0.3, 0.4) is 0 Å². The van der Waals surface area contributed by atoms with Gasteiger partial charge in [-0.05, 0) is 40.4 Å². The zero-order valence-corrected chi connectivity index (χ0v) is 9.16. The maximum absolute atomic E-state index is 5.78. The van der Waals surface area contributed by atoms with E-state index in [-0.39, 0.29) is 6.04 Å². The standard InChI is InChI=1S/C10H23N3/c1-9(11)7-13(3)10-5-4-6-12(2)8-10/h9-10H,4-8,11H2,1-3H3. The van der Waals surface area contributed by atoms with Crippen molar-refractivity contribution in [1.82, 2.24) is 9.80 Å². The van der Waals surface area contributed by atoms with E-state index >= 15 is 0 Å². The van der Waals surface area contributed by atoms with Crippen LogP contribution in [-0.4, -0.2) is 55.6 Å². The van der Waals surface area contributed by atoms with Crippen LogP contribution in [-0.2, 0) is 0 Å². The summed E-state index contributed by atoms with van der Waals surface area (Å²) in [4.78, 5) is 4.81. The summed E-state index contributed by atoms with van der Waals surface area (Å²) < 4.78 is 0. The second-order valence-corrected chi connectivity index (χ2v) is 4.48. The zero-order valence-electron chi connectivity index (χ0n) is 9.16. The lowest BCUT2D eigenvalue weighted by atomic mass is 10.0. The van der Waals surface area contributed by atoms with Gasteiger partial charge in [-0.15, -0.1) is 0 Å². The van der Waals surface area contributed by atoms with Gasteiger partial charge in [0.25, 0.3) is 0 Å². The van der Waals surface area contributed by atoms with E-state index in [4.69, 9.17) is 5.73 Å². The molecule has 0 aliphatic carbocycles. The molecule has 78 valence electrons. The normalized spacial score (nSPS) is 27.9. The molecule has 0 aromatic carbocycles. The molecule has 1 aliphatic rings. The highest BCUT2D eigenvalue weighted by Gasteiger charge is 2.21. The molecule has 2 unspecified atom stereocenters. The summed E-state index contributed by atoms with van der Waals surface area (Å²) in [5.41, 5.74) is 5.78. The topological polar surface area (TPSA) is 32.5 Å². The molecular weight excluding hydrogens is 162 g/mol. The first-order chi connectivity index (χ1) is 6.09. The van der Waals surface area contributed by atoms with E-state index < -0.39 is 0 Å². The van der Waals surface area contributed by atoms with Crippen molar-refractivity contribution in [3.05, 3.63) is 0 Å². The Morgan fingerprint density at radius 1 is 1.62 bits per heavy atom. The smallest absolute Gasteiger partial charge is 0.0221 e. The van der Waals surface area contributed by atoms with Crippen molar-refractivity contribution in [2.45, 2.75) is 31.8 Å². The molecule has 0 saturated carbocycles. The molecule has 13 heavy (non-hydrogen) atoms. The van der Waals surface area contributed by atoms with Gasteiger partial charge in [-0.3, -0.25) is 0 Å². The van der Waals surface area contributed by atoms with Crippen molar-refractivity contribution in [1.29, 1.82) is 0 Å². The number of piperidine rings is 1. The van der Waals surface area contributed by atoms with Crippen LogP contribution >= 0.6 is 0 Å². The molecule has 0 spiro atoms. The van der Waals surface area contributed by atoms with Crippen molar-refractivity contribution in [2.24, 2.45) is 5.73 Å². The van der Waals surface area contributed by atoms with E-state index in [9.17, 15) is 0 Å². The molecule has 3 nitrogen and oxygen atoms in total. The van der Waals surface area contributed by atoms with Crippen LogP contribution in [0.15, 0.2) is 0 Å². The van der Waals surface area contributed by atoms with Gasteiger partial charge in [-0.2, -0.15) is 0 Å². The average molecular weight is 185 g/mol. The molecule has 1 heterocycles. The van der Waals surface area contributed by atoms with E-state index in [0.717, 1.165) is 6.54 Å². The minimum atomic E-state index is 0.289. The Kier molecular flexibility index (Phi) is 4.16. The summed E-state index contributed by atoms with van der Waals surface area (Å²) in [7, 11) is 4.39. The third-order valence-electron chi connectivity index (χ3n) is 2.80. The summed E-state index contributed by atoms with van der Waals surface area (Å²) >= 11 is 0. The zero-order chi connectivity index (χ0) is 9.84. The van der Waals surface area contributed by atoms with E-state index in [1.54, 1.807) is 0 Å². The van der Waals surface area contributed by atoms with Crippen LogP contribution < -0.4 is 5.73 Å². The van der Waals surface area contributed by atoms with Gasteiger partial charge in [0.1, 0.15) is 0 Å². The Bertz CT molecular complexity index is 147. The summed E-state index contributed by atoms with van der Waals surface area (Å²) in [6.07, 6.45) is 2.65. The molecule has 3 heteroatoms. The fraction of sp³-hybridized carbons (Fsp3) is 1.00. The molecular formula is C10H23N3. The third-order valence-corrected chi connectivity index (χ3v) is 2.80. The lowest BCUT2D eigenvalue weighted by Crippen LogP contribution is -2.47. The Morgan fingerprint density at radius 2 is 2.31 bits per heavy atom. The second-order valence-electron chi connectivity index (χ2n) is 4.48. The lowest BCUT2D eigenvalue weighted by molar-refractivity contribution is 0.131. The van der Waals surface area contributed by atoms with Crippen LogP contribution in [0.1, 0.15) is 19.8 Å². The predicted molar refractivity (Wildman–Crippen MR) is 56.8 cm³/mol. The molecule has 0 bridgehead atoms. The largest absolute Gasteiger partial charge is 0.327 e. The van der Waals surface area contributed by atoms with Gasteiger partial charge >= 0.3 is 0 Å². The van der Waals surface area contributed by atoms with Crippen LogP contribution in [0.5, 0.6) is 0 Å². The fourth-order valence-corrected chi connectivity index (χ4v) is 2.10. The number of rotatable bonds is 3. The molecule has 1 aliphatic heterocycles. The van der Waals surface area contributed by atoms with Gasteiger partial charge in [-0.1, -0.05) is 0 Å². The van der Waals surface area contributed by atoms with Crippen LogP contribution in [0, 0.1) is 0 Å². The maximum atomic E-state index is 5.78. The first kappa shape index (κ1) is 11.0. The first-order valence-corrected chi connectivity index (χ1v) is 5.24. The van der Waals surface area contributed by atoms with Crippen molar-refractivity contribution < 1.29 is 0 Å². The molecule has 0 aromatic heterocycles. The Hall–Kier alpha value is -0.120. The lowest BCUT2D eigenvalue weighted by Gasteiger charge is -2.36. The summed E-state index contributed by atoms with van der Waals surface area (Å²) in [5.74, 6) is 0. The van der Waals surface area contributed by atoms with Crippen LogP contribution in [0.4, 0.5) is 0 Å². The molecule has 0 radical (unpaired) electrons. The van der Waals surface area contributed by atoms with E-state index in [1.165, 1.54) is 25.9 Å². The van der Waals surface area contributed by atoms with Gasteiger partial charge < -0.3 is 15.5 Å². The van der Waals surface area contributed by atoms with Crippen molar-refractivity contribution in [2.75, 3.05) is 33.7 Å². The molecule has 1 rings (SSSR count). The quantitative estimate of drug-likeness (QED) is 0.689. The Morgan fingerprint density at radius 3 is 2.85 bits per heavy atom. The number of likely N-dealkylation sites (tertiary alicyclic amines) is 1. The number of nitrogens with two attached hydrogens (primary N) is 1. The van der Waals surface area contributed by atoms with Crippen molar-refractivity contribution in [3.8, 4) is 0 Å². The molecule has 2 N–H and O–H groups in total. The molecule has 1 fully saturated rings. The number of hydrogen-bond donors (Lipinski definition) is 1. The van der Waals surface area contributed by atoms with Gasteiger partial charge in [-0.25, -0.2) is 0 Å². The molecule has 0 amide bonds. The minimum Gasteiger partial charge on any atom is -0.327 e. The SMILES string of the molecule is CC(N)CN(C)C1CCCN(C)C1. The van der Waals surface area contributed by atoms with Crippen molar-refractivity contribution in [3.63, 3.8) is 0 Å². The fourth-order valence-electron chi connectivity index (χ4n) is 2.10. The van der Waals surface area contributed by atoms with Gasteiger partial charge in [0.2, 0.25) is 0 Å². The predicted octanol–water partition coefficient (Wildman–Crippen LogP) is 0.360. The van der Waals surface area contributed by atoms with Gasteiger partial charge in [0.05, 0.1) is 0 Å². The monoisotopic (exact) mass is 185 g/mol. The molecule has 2 atom stereocenters. The van der Waals surface area contributed by atoms with E-state index in [1.807, 2.05) is 0 Å². The minimum absolute atomic E-state index is 0.289. The number of likely N-dealkylation sites (N-methyl/N-ethyl adjacent to an activating group) is 2. The number of hydrogen-bond acceptors (Lipinski definition) is 3. The van der Waals surface area contributed by atoms with Gasteiger partial charge in [0, 0.05) is 25.2 Å².